The van der Waals surface area contributed by atoms with Gasteiger partial charge in [-0.1, -0.05) is 6.92 Å². The van der Waals surface area contributed by atoms with Crippen LogP contribution in [-0.2, 0) is 12.4 Å². The van der Waals surface area contributed by atoms with Crippen LogP contribution in [0.1, 0.15) is 24.5 Å². The number of hydrogen-bond donors (Lipinski definition) is 0. The van der Waals surface area contributed by atoms with Gasteiger partial charge in [0.05, 0.1) is 17.8 Å². The van der Waals surface area contributed by atoms with Crippen LogP contribution in [0, 0.1) is 0 Å². The first kappa shape index (κ1) is 19.7. The lowest BCUT2D eigenvalue weighted by molar-refractivity contribution is -0.143. The van der Waals surface area contributed by atoms with Crippen molar-refractivity contribution in [2.45, 2.75) is 25.7 Å². The fourth-order valence-corrected chi connectivity index (χ4v) is 2.17. The molecule has 0 bridgehead atoms. The molecule has 0 radical (unpaired) electrons. The molecule has 0 aliphatic carbocycles. The van der Waals surface area contributed by atoms with Crippen molar-refractivity contribution in [3.8, 4) is 0 Å². The highest BCUT2D eigenvalue weighted by Crippen LogP contribution is 2.38. The van der Waals surface area contributed by atoms with Gasteiger partial charge in [-0.2, -0.15) is 26.3 Å². The van der Waals surface area contributed by atoms with Crippen LogP contribution in [0.25, 0.3) is 0 Å². The zero-order valence-corrected chi connectivity index (χ0v) is 13.8. The Bertz CT molecular complexity index is 535. The van der Waals surface area contributed by atoms with Crippen molar-refractivity contribution in [1.29, 1.82) is 0 Å². The molecular weight excluding hydrogens is 390 g/mol. The molecule has 9 heteroatoms. The molecule has 23 heavy (non-hydrogen) atoms. The third kappa shape index (κ3) is 4.79. The molecule has 1 aliphatic rings. The van der Waals surface area contributed by atoms with Crippen molar-refractivity contribution in [1.82, 2.24) is 4.90 Å². The van der Waals surface area contributed by atoms with Gasteiger partial charge in [0.15, 0.2) is 0 Å². The molecule has 1 aliphatic heterocycles. The Morgan fingerprint density at radius 1 is 0.913 bits per heavy atom. The van der Waals surface area contributed by atoms with Gasteiger partial charge in [0, 0.05) is 24.6 Å². The van der Waals surface area contributed by atoms with Gasteiger partial charge in [-0.15, -0.1) is 17.0 Å². The van der Waals surface area contributed by atoms with E-state index in [-0.39, 0.29) is 35.4 Å². The van der Waals surface area contributed by atoms with Crippen molar-refractivity contribution in [3.05, 3.63) is 41.7 Å². The second-order valence-corrected chi connectivity index (χ2v) is 4.99. The van der Waals surface area contributed by atoms with Crippen LogP contribution >= 0.6 is 17.0 Å². The average molecular weight is 405 g/mol. The predicted octanol–water partition coefficient (Wildman–Crippen LogP) is 5.26. The average Bonchev–Trinajstić information content (AvgIpc) is 2.85. The number of hydrogen-bond acceptors (Lipinski definition) is 2. The first-order chi connectivity index (χ1) is 10.1. The number of anilines is 1. The fraction of sp³-hybridized carbons (Fsp3) is 0.429. The minimum absolute atomic E-state index is 0. The van der Waals surface area contributed by atoms with Gasteiger partial charge in [0.1, 0.15) is 0 Å². The number of nitrogens with zero attached hydrogens (tertiary/aromatic N) is 2. The highest BCUT2D eigenvalue weighted by atomic mass is 79.9. The summed E-state index contributed by atoms with van der Waals surface area (Å²) in [5.74, 6) is 0. The summed E-state index contributed by atoms with van der Waals surface area (Å²) in [5.41, 5.74) is -2.74. The van der Waals surface area contributed by atoms with Crippen molar-refractivity contribution < 1.29 is 26.3 Å². The van der Waals surface area contributed by atoms with Gasteiger partial charge in [-0.3, -0.25) is 0 Å². The molecule has 1 aromatic carbocycles. The Kier molecular flexibility index (Phi) is 6.00. The maximum Gasteiger partial charge on any atom is 0.416 e. The number of benzene rings is 1. The topological polar surface area (TPSA) is 6.48 Å². The minimum Gasteiger partial charge on any atom is -0.358 e. The summed E-state index contributed by atoms with van der Waals surface area (Å²) in [4.78, 5) is 3.17. The van der Waals surface area contributed by atoms with E-state index in [0.29, 0.717) is 6.54 Å². The quantitative estimate of drug-likeness (QED) is 0.633. The lowest BCUT2D eigenvalue weighted by Crippen LogP contribution is -2.26. The molecule has 2 nitrogen and oxygen atoms in total. The monoisotopic (exact) mass is 404 g/mol. The summed E-state index contributed by atoms with van der Waals surface area (Å²) in [6.45, 7) is 2.84. The third-order valence-electron chi connectivity index (χ3n) is 3.21. The third-order valence-corrected chi connectivity index (χ3v) is 3.21. The van der Waals surface area contributed by atoms with E-state index < -0.39 is 23.5 Å². The fourth-order valence-electron chi connectivity index (χ4n) is 2.17. The summed E-state index contributed by atoms with van der Waals surface area (Å²) in [5, 5.41) is 0. The van der Waals surface area contributed by atoms with Crippen molar-refractivity contribution in [2.24, 2.45) is 0 Å². The van der Waals surface area contributed by atoms with Gasteiger partial charge in [-0.05, 0) is 24.6 Å². The number of halogens is 7. The Morgan fingerprint density at radius 3 is 1.87 bits per heavy atom. The molecule has 0 saturated heterocycles. The number of alkyl halides is 6. The zero-order chi connectivity index (χ0) is 16.5. The second kappa shape index (κ2) is 7.02. The Hall–Kier alpha value is -1.38. The smallest absolute Gasteiger partial charge is 0.358 e. The van der Waals surface area contributed by atoms with E-state index >= 15 is 0 Å². The Labute approximate surface area is 140 Å². The van der Waals surface area contributed by atoms with Crippen LogP contribution in [0.5, 0.6) is 0 Å². The molecule has 0 spiro atoms. The van der Waals surface area contributed by atoms with Crippen molar-refractivity contribution in [3.63, 3.8) is 0 Å². The minimum atomic E-state index is -4.83. The molecule has 1 aromatic rings. The van der Waals surface area contributed by atoms with Crippen LogP contribution in [0.4, 0.5) is 32.0 Å². The largest absolute Gasteiger partial charge is 0.416 e. The molecule has 0 amide bonds. The van der Waals surface area contributed by atoms with Crippen LogP contribution < -0.4 is 4.90 Å². The van der Waals surface area contributed by atoms with Gasteiger partial charge in [-0.25, -0.2) is 0 Å². The van der Waals surface area contributed by atoms with Crippen LogP contribution in [0.2, 0.25) is 0 Å². The lowest BCUT2D eigenvalue weighted by atomic mass is 10.1. The summed E-state index contributed by atoms with van der Waals surface area (Å²) in [6, 6.07) is 1.59. The molecule has 0 atom stereocenters. The molecule has 2 rings (SSSR count). The summed E-state index contributed by atoms with van der Waals surface area (Å²) >= 11 is 0. The maximum atomic E-state index is 12.8. The van der Waals surface area contributed by atoms with E-state index in [4.69, 9.17) is 0 Å². The van der Waals surface area contributed by atoms with E-state index in [1.165, 1.54) is 11.1 Å². The van der Waals surface area contributed by atoms with Crippen molar-refractivity contribution >= 4 is 22.7 Å². The maximum absolute atomic E-state index is 12.8. The van der Waals surface area contributed by atoms with Crippen LogP contribution in [-0.4, -0.2) is 18.1 Å². The van der Waals surface area contributed by atoms with Gasteiger partial charge in [0.25, 0.3) is 0 Å². The molecule has 0 saturated carbocycles. The molecule has 0 N–H and O–H groups in total. The molecule has 0 fully saturated rings. The Morgan fingerprint density at radius 2 is 1.43 bits per heavy atom. The summed E-state index contributed by atoms with van der Waals surface area (Å²) in [7, 11) is 0. The molecular formula is C14H15BrF6N2. The molecule has 0 aromatic heterocycles. The zero-order valence-electron chi connectivity index (χ0n) is 12.1. The van der Waals surface area contributed by atoms with Gasteiger partial charge >= 0.3 is 12.4 Å². The van der Waals surface area contributed by atoms with Crippen LogP contribution in [0.3, 0.4) is 0 Å². The molecule has 130 valence electrons. The highest BCUT2D eigenvalue weighted by molar-refractivity contribution is 8.93. The SMILES string of the molecule is Br.CCCN1C=CN(c2cc(C(F)(F)F)cc(C(F)(F)F)c2)C1. The predicted molar refractivity (Wildman–Crippen MR) is 80.3 cm³/mol. The second-order valence-electron chi connectivity index (χ2n) is 4.99. The Balaban J connectivity index is 0.00000264. The van der Waals surface area contributed by atoms with E-state index in [1.54, 1.807) is 6.20 Å². The standard InChI is InChI=1S/C14H14F6N2.BrH/c1-2-3-21-4-5-22(9-21)12-7-10(13(15,16)17)6-11(8-12)14(18,19)20;/h4-8H,2-3,9H2,1H3;1H. The summed E-state index contributed by atoms with van der Waals surface area (Å²) < 4.78 is 76.8. The van der Waals surface area contributed by atoms with E-state index in [1.807, 2.05) is 11.8 Å². The van der Waals surface area contributed by atoms with Crippen LogP contribution in [0.15, 0.2) is 30.6 Å². The highest BCUT2D eigenvalue weighted by Gasteiger charge is 2.37. The lowest BCUT2D eigenvalue weighted by Gasteiger charge is -2.23. The van der Waals surface area contributed by atoms with Crippen molar-refractivity contribution in [2.75, 3.05) is 18.1 Å². The van der Waals surface area contributed by atoms with Gasteiger partial charge < -0.3 is 9.80 Å². The first-order valence-electron chi connectivity index (χ1n) is 6.60. The first-order valence-corrected chi connectivity index (χ1v) is 6.60. The van der Waals surface area contributed by atoms with Gasteiger partial charge in [0.2, 0.25) is 0 Å². The normalized spacial score (nSPS) is 15.1. The molecule has 0 unspecified atom stereocenters. The van der Waals surface area contributed by atoms with E-state index in [0.717, 1.165) is 18.6 Å². The number of rotatable bonds is 3. The van der Waals surface area contributed by atoms with E-state index in [2.05, 4.69) is 0 Å². The van der Waals surface area contributed by atoms with E-state index in [9.17, 15) is 26.3 Å². The summed E-state index contributed by atoms with van der Waals surface area (Å²) in [6.07, 6.45) is -5.71. The molecule has 1 heterocycles.